The SMILES string of the molecule is CCCCc1nnc(SCCc2ccccc2)n1Cc1ccc([N+](=O)[O-])cc1. The van der Waals surface area contributed by atoms with Crippen molar-refractivity contribution in [2.24, 2.45) is 0 Å². The molecule has 0 saturated heterocycles. The van der Waals surface area contributed by atoms with E-state index in [1.54, 1.807) is 36.0 Å². The minimum atomic E-state index is -0.375. The van der Waals surface area contributed by atoms with Crippen LogP contribution in [0.4, 0.5) is 5.69 Å². The quantitative estimate of drug-likeness (QED) is 0.276. The lowest BCUT2D eigenvalue weighted by Crippen LogP contribution is -2.07. The summed E-state index contributed by atoms with van der Waals surface area (Å²) in [5.74, 6) is 1.90. The Kier molecular flexibility index (Phi) is 7.19. The highest BCUT2D eigenvalue weighted by Crippen LogP contribution is 2.22. The Bertz CT molecular complexity index is 895. The summed E-state index contributed by atoms with van der Waals surface area (Å²) in [6, 6.07) is 17.1. The third kappa shape index (κ3) is 5.42. The van der Waals surface area contributed by atoms with Crippen LogP contribution in [0.2, 0.25) is 0 Å². The molecule has 0 aliphatic carbocycles. The average Bonchev–Trinajstić information content (AvgIpc) is 3.09. The molecule has 0 radical (unpaired) electrons. The summed E-state index contributed by atoms with van der Waals surface area (Å²) in [4.78, 5) is 10.5. The number of hydrogen-bond acceptors (Lipinski definition) is 5. The Hall–Kier alpha value is -2.67. The van der Waals surface area contributed by atoms with Crippen LogP contribution in [0.15, 0.2) is 59.8 Å². The largest absolute Gasteiger partial charge is 0.302 e. The Labute approximate surface area is 169 Å². The molecule has 0 fully saturated rings. The summed E-state index contributed by atoms with van der Waals surface area (Å²) in [7, 11) is 0. The Balaban J connectivity index is 1.72. The summed E-state index contributed by atoms with van der Waals surface area (Å²) >= 11 is 1.70. The van der Waals surface area contributed by atoms with Gasteiger partial charge in [-0.15, -0.1) is 10.2 Å². The van der Waals surface area contributed by atoms with Gasteiger partial charge >= 0.3 is 0 Å². The third-order valence-electron chi connectivity index (χ3n) is 4.50. The molecule has 7 heteroatoms. The molecule has 0 aliphatic rings. The summed E-state index contributed by atoms with van der Waals surface area (Å²) in [5.41, 5.74) is 2.42. The van der Waals surface area contributed by atoms with E-state index >= 15 is 0 Å². The van der Waals surface area contributed by atoms with E-state index in [0.717, 1.165) is 48.0 Å². The molecule has 28 heavy (non-hydrogen) atoms. The van der Waals surface area contributed by atoms with Gasteiger partial charge in [0.2, 0.25) is 0 Å². The van der Waals surface area contributed by atoms with Gasteiger partial charge in [-0.05, 0) is 24.0 Å². The molecule has 0 bridgehead atoms. The Morgan fingerprint density at radius 3 is 2.43 bits per heavy atom. The van der Waals surface area contributed by atoms with Crippen molar-refractivity contribution in [3.63, 3.8) is 0 Å². The standard InChI is InChI=1S/C21H24N4O2S/c1-2-3-9-20-22-23-21(28-15-14-17-7-5-4-6-8-17)24(20)16-18-10-12-19(13-11-18)25(26)27/h4-8,10-13H,2-3,9,14-16H2,1H3. The maximum Gasteiger partial charge on any atom is 0.269 e. The zero-order valence-electron chi connectivity index (χ0n) is 16.0. The fourth-order valence-corrected chi connectivity index (χ4v) is 3.86. The first-order chi connectivity index (χ1) is 13.7. The molecule has 3 rings (SSSR count). The number of aromatic nitrogens is 3. The topological polar surface area (TPSA) is 73.8 Å². The van der Waals surface area contributed by atoms with Crippen molar-refractivity contribution in [1.82, 2.24) is 14.8 Å². The second kappa shape index (κ2) is 10.0. The number of thioether (sulfide) groups is 1. The smallest absolute Gasteiger partial charge is 0.269 e. The molecule has 2 aromatic carbocycles. The molecule has 0 unspecified atom stereocenters. The van der Waals surface area contributed by atoms with Crippen molar-refractivity contribution in [1.29, 1.82) is 0 Å². The van der Waals surface area contributed by atoms with Gasteiger partial charge < -0.3 is 4.57 Å². The van der Waals surface area contributed by atoms with Crippen LogP contribution in [-0.2, 0) is 19.4 Å². The first-order valence-electron chi connectivity index (χ1n) is 9.49. The zero-order chi connectivity index (χ0) is 19.8. The monoisotopic (exact) mass is 396 g/mol. The maximum atomic E-state index is 10.9. The van der Waals surface area contributed by atoms with E-state index < -0.39 is 0 Å². The number of nitro benzene ring substituents is 1. The molecule has 146 valence electrons. The number of nitro groups is 1. The van der Waals surface area contributed by atoms with Crippen LogP contribution in [0.25, 0.3) is 0 Å². The van der Waals surface area contributed by atoms with Gasteiger partial charge in [0.15, 0.2) is 5.16 Å². The number of benzene rings is 2. The number of hydrogen-bond donors (Lipinski definition) is 0. The maximum absolute atomic E-state index is 10.9. The highest BCUT2D eigenvalue weighted by Gasteiger charge is 2.14. The van der Waals surface area contributed by atoms with Crippen LogP contribution < -0.4 is 0 Å². The molecule has 0 saturated carbocycles. The second-order valence-electron chi connectivity index (χ2n) is 6.60. The van der Waals surface area contributed by atoms with Crippen LogP contribution in [-0.4, -0.2) is 25.4 Å². The Morgan fingerprint density at radius 2 is 1.75 bits per heavy atom. The van der Waals surface area contributed by atoms with Crippen LogP contribution in [0.1, 0.15) is 36.7 Å². The molecule has 1 aromatic heterocycles. The summed E-state index contributed by atoms with van der Waals surface area (Å²) in [5, 5.41) is 20.6. The molecular weight excluding hydrogens is 372 g/mol. The van der Waals surface area contributed by atoms with E-state index in [1.807, 2.05) is 6.07 Å². The molecule has 0 N–H and O–H groups in total. The minimum Gasteiger partial charge on any atom is -0.302 e. The number of non-ortho nitro benzene ring substituents is 1. The van der Waals surface area contributed by atoms with Crippen molar-refractivity contribution in [3.05, 3.63) is 81.7 Å². The minimum absolute atomic E-state index is 0.108. The lowest BCUT2D eigenvalue weighted by atomic mass is 10.2. The third-order valence-corrected chi connectivity index (χ3v) is 5.47. The van der Waals surface area contributed by atoms with Gasteiger partial charge in [-0.1, -0.05) is 67.6 Å². The van der Waals surface area contributed by atoms with Crippen LogP contribution in [0.5, 0.6) is 0 Å². The molecule has 0 amide bonds. The summed E-state index contributed by atoms with van der Waals surface area (Å²) in [6.07, 6.45) is 4.02. The van der Waals surface area contributed by atoms with Gasteiger partial charge in [0.1, 0.15) is 5.82 Å². The van der Waals surface area contributed by atoms with Gasteiger partial charge in [0.05, 0.1) is 11.5 Å². The number of unbranched alkanes of at least 4 members (excludes halogenated alkanes) is 1. The van der Waals surface area contributed by atoms with Gasteiger partial charge in [-0.2, -0.15) is 0 Å². The summed E-state index contributed by atoms with van der Waals surface area (Å²) < 4.78 is 2.15. The number of nitrogens with zero attached hydrogens (tertiary/aromatic N) is 4. The molecular formula is C21H24N4O2S. The zero-order valence-corrected chi connectivity index (χ0v) is 16.8. The van der Waals surface area contributed by atoms with Crippen molar-refractivity contribution < 1.29 is 4.92 Å². The fourth-order valence-electron chi connectivity index (χ4n) is 2.91. The summed E-state index contributed by atoms with van der Waals surface area (Å²) in [6.45, 7) is 2.78. The van der Waals surface area contributed by atoms with E-state index in [-0.39, 0.29) is 10.6 Å². The first kappa shape index (κ1) is 20.1. The predicted molar refractivity (Wildman–Crippen MR) is 112 cm³/mol. The number of rotatable bonds is 10. The molecule has 0 spiro atoms. The highest BCUT2D eigenvalue weighted by molar-refractivity contribution is 7.99. The second-order valence-corrected chi connectivity index (χ2v) is 7.66. The van der Waals surface area contributed by atoms with Gasteiger partial charge in [0.25, 0.3) is 5.69 Å². The van der Waals surface area contributed by atoms with E-state index in [1.165, 1.54) is 5.56 Å². The molecule has 0 aliphatic heterocycles. The van der Waals surface area contributed by atoms with Crippen LogP contribution >= 0.6 is 11.8 Å². The molecule has 0 atom stereocenters. The van der Waals surface area contributed by atoms with E-state index in [0.29, 0.717) is 6.54 Å². The van der Waals surface area contributed by atoms with Crippen molar-refractivity contribution in [2.75, 3.05) is 5.75 Å². The van der Waals surface area contributed by atoms with Crippen molar-refractivity contribution in [3.8, 4) is 0 Å². The Morgan fingerprint density at radius 1 is 1.00 bits per heavy atom. The average molecular weight is 397 g/mol. The lowest BCUT2D eigenvalue weighted by Gasteiger charge is -2.10. The molecule has 6 nitrogen and oxygen atoms in total. The van der Waals surface area contributed by atoms with Crippen LogP contribution in [0, 0.1) is 10.1 Å². The fraction of sp³-hybridized carbons (Fsp3) is 0.333. The van der Waals surface area contributed by atoms with E-state index in [4.69, 9.17) is 0 Å². The van der Waals surface area contributed by atoms with Gasteiger partial charge in [-0.3, -0.25) is 10.1 Å². The van der Waals surface area contributed by atoms with E-state index in [2.05, 4.69) is 46.0 Å². The first-order valence-corrected chi connectivity index (χ1v) is 10.5. The predicted octanol–water partition coefficient (Wildman–Crippen LogP) is 4.91. The molecule has 1 heterocycles. The van der Waals surface area contributed by atoms with Gasteiger partial charge in [-0.25, -0.2) is 0 Å². The van der Waals surface area contributed by atoms with Gasteiger partial charge in [0, 0.05) is 24.3 Å². The van der Waals surface area contributed by atoms with Crippen molar-refractivity contribution in [2.45, 2.75) is 44.3 Å². The molecule has 3 aromatic rings. The highest BCUT2D eigenvalue weighted by atomic mass is 32.2. The number of aryl methyl sites for hydroxylation is 2. The normalized spacial score (nSPS) is 10.9. The van der Waals surface area contributed by atoms with Crippen LogP contribution in [0.3, 0.4) is 0 Å². The van der Waals surface area contributed by atoms with Crippen molar-refractivity contribution >= 4 is 17.4 Å². The lowest BCUT2D eigenvalue weighted by molar-refractivity contribution is -0.384. The van der Waals surface area contributed by atoms with E-state index in [9.17, 15) is 10.1 Å².